The van der Waals surface area contributed by atoms with Gasteiger partial charge in [-0.2, -0.15) is 0 Å². The second kappa shape index (κ2) is 9.35. The molecule has 0 amide bonds. The summed E-state index contributed by atoms with van der Waals surface area (Å²) in [6.07, 6.45) is 3.37. The molecule has 1 aliphatic carbocycles. The molecule has 3 atom stereocenters. The third-order valence-corrected chi connectivity index (χ3v) is 5.46. The molecular weight excluding hydrogens is 314 g/mol. The van der Waals surface area contributed by atoms with Crippen LogP contribution in [0.1, 0.15) is 57.9 Å². The second-order valence-electron chi connectivity index (χ2n) is 7.34. The third-order valence-electron chi connectivity index (χ3n) is 5.46. The Balaban J connectivity index is 2.13. The molecule has 0 saturated heterocycles. The highest BCUT2D eigenvalue weighted by Gasteiger charge is 2.45. The molecule has 1 aliphatic rings. The smallest absolute Gasteiger partial charge is 0.316 e. The predicted octanol–water partition coefficient (Wildman–Crippen LogP) is 3.60. The molecule has 0 spiro atoms. The minimum absolute atomic E-state index is 0.296. The average Bonchev–Trinajstić information content (AvgIpc) is 2.59. The number of likely N-dealkylation sites (N-methyl/N-ethyl adjacent to an activating group) is 1. The summed E-state index contributed by atoms with van der Waals surface area (Å²) in [7, 11) is 0. The Hall–Kier alpha value is -1.39. The van der Waals surface area contributed by atoms with E-state index >= 15 is 0 Å². The maximum atomic E-state index is 12.9. The Bertz CT molecular complexity index is 529. The van der Waals surface area contributed by atoms with Gasteiger partial charge in [-0.05, 0) is 37.4 Å². The van der Waals surface area contributed by atoms with Crippen LogP contribution in [-0.2, 0) is 9.53 Å². The summed E-state index contributed by atoms with van der Waals surface area (Å²) in [5.74, 6) is -0.475. The quantitative estimate of drug-likeness (QED) is 0.730. The molecule has 1 fully saturated rings. The highest BCUT2D eigenvalue weighted by atomic mass is 16.5. The van der Waals surface area contributed by atoms with Crippen LogP contribution in [0.5, 0.6) is 0 Å². The van der Waals surface area contributed by atoms with Gasteiger partial charge in [-0.1, -0.05) is 63.9 Å². The Kier molecular flexibility index (Phi) is 7.45. The fraction of sp³-hybridized carbons (Fsp3) is 0.667. The molecule has 0 aliphatic heterocycles. The number of esters is 1. The van der Waals surface area contributed by atoms with Crippen LogP contribution in [0.3, 0.4) is 0 Å². The molecule has 1 aromatic rings. The van der Waals surface area contributed by atoms with E-state index in [1.54, 1.807) is 0 Å². The van der Waals surface area contributed by atoms with E-state index in [1.165, 1.54) is 0 Å². The van der Waals surface area contributed by atoms with Crippen LogP contribution in [0, 0.1) is 5.92 Å². The van der Waals surface area contributed by atoms with Gasteiger partial charge in [-0.25, -0.2) is 0 Å². The number of hydrogen-bond acceptors (Lipinski definition) is 4. The first kappa shape index (κ1) is 19.9. The zero-order chi connectivity index (χ0) is 18.3. The summed E-state index contributed by atoms with van der Waals surface area (Å²) in [4.78, 5) is 15.1. The van der Waals surface area contributed by atoms with Crippen molar-refractivity contribution >= 4 is 5.97 Å². The minimum atomic E-state index is -1.01. The number of nitrogens with zero attached hydrogens (tertiary/aromatic N) is 1. The lowest BCUT2D eigenvalue weighted by molar-refractivity contribution is -0.155. The lowest BCUT2D eigenvalue weighted by Gasteiger charge is -2.40. The number of carbonyl (C=O) groups excluding carboxylic acids is 1. The van der Waals surface area contributed by atoms with Crippen molar-refractivity contribution in [3.05, 3.63) is 35.9 Å². The summed E-state index contributed by atoms with van der Waals surface area (Å²) in [5.41, 5.74) is -0.155. The summed E-state index contributed by atoms with van der Waals surface area (Å²) >= 11 is 0. The molecule has 0 radical (unpaired) electrons. The van der Waals surface area contributed by atoms with E-state index in [1.807, 2.05) is 30.3 Å². The second-order valence-corrected chi connectivity index (χ2v) is 7.34. The Labute approximate surface area is 152 Å². The van der Waals surface area contributed by atoms with Gasteiger partial charge in [0, 0.05) is 6.54 Å². The van der Waals surface area contributed by atoms with E-state index in [9.17, 15) is 9.90 Å². The van der Waals surface area contributed by atoms with E-state index in [0.717, 1.165) is 38.0 Å². The monoisotopic (exact) mass is 347 g/mol. The van der Waals surface area contributed by atoms with E-state index in [0.29, 0.717) is 25.4 Å². The molecule has 1 saturated carbocycles. The molecule has 0 aromatic heterocycles. The van der Waals surface area contributed by atoms with E-state index in [2.05, 4.69) is 25.7 Å². The van der Waals surface area contributed by atoms with Gasteiger partial charge in [0.2, 0.25) is 0 Å². The van der Waals surface area contributed by atoms with Crippen molar-refractivity contribution in [2.75, 3.05) is 26.2 Å². The van der Waals surface area contributed by atoms with Gasteiger partial charge in [-0.15, -0.1) is 0 Å². The number of ether oxygens (including phenoxy) is 1. The van der Waals surface area contributed by atoms with Crippen LogP contribution in [0.4, 0.5) is 0 Å². The molecule has 1 aromatic carbocycles. The molecule has 4 heteroatoms. The molecule has 140 valence electrons. The maximum Gasteiger partial charge on any atom is 0.316 e. The minimum Gasteiger partial charge on any atom is -0.464 e. The molecule has 25 heavy (non-hydrogen) atoms. The van der Waals surface area contributed by atoms with Gasteiger partial charge in [0.15, 0.2) is 0 Å². The molecule has 2 rings (SSSR count). The van der Waals surface area contributed by atoms with Gasteiger partial charge in [0.05, 0.1) is 5.60 Å². The zero-order valence-electron chi connectivity index (χ0n) is 15.9. The van der Waals surface area contributed by atoms with Crippen LogP contribution < -0.4 is 0 Å². The molecule has 1 N–H and O–H groups in total. The first-order valence-electron chi connectivity index (χ1n) is 9.66. The van der Waals surface area contributed by atoms with E-state index in [-0.39, 0.29) is 5.97 Å². The number of carbonyl (C=O) groups is 1. The highest BCUT2D eigenvalue weighted by molar-refractivity contribution is 5.80. The van der Waals surface area contributed by atoms with Crippen LogP contribution in [0.2, 0.25) is 0 Å². The molecule has 0 unspecified atom stereocenters. The SMILES string of the molecule is CCN(CC)CCOC(=O)[C@@H](c1ccccc1)[C@]1(O)CCC[C@H](C)C1. The van der Waals surface area contributed by atoms with Crippen LogP contribution >= 0.6 is 0 Å². The Morgan fingerprint density at radius 3 is 2.60 bits per heavy atom. The zero-order valence-corrected chi connectivity index (χ0v) is 15.9. The maximum absolute atomic E-state index is 12.9. The van der Waals surface area contributed by atoms with Crippen molar-refractivity contribution in [2.24, 2.45) is 5.92 Å². The number of benzene rings is 1. The molecule has 0 bridgehead atoms. The summed E-state index contributed by atoms with van der Waals surface area (Å²) in [6, 6.07) is 9.61. The lowest BCUT2D eigenvalue weighted by Crippen LogP contribution is -2.45. The molecule has 4 nitrogen and oxygen atoms in total. The number of rotatable bonds is 8. The van der Waals surface area contributed by atoms with E-state index in [4.69, 9.17) is 4.74 Å². The predicted molar refractivity (Wildman–Crippen MR) is 101 cm³/mol. The fourth-order valence-electron chi connectivity index (χ4n) is 4.04. The van der Waals surface area contributed by atoms with Crippen LogP contribution in [-0.4, -0.2) is 47.8 Å². The van der Waals surface area contributed by atoms with Crippen molar-refractivity contribution in [1.29, 1.82) is 0 Å². The number of hydrogen-bond donors (Lipinski definition) is 1. The molecule has 0 heterocycles. The third kappa shape index (κ3) is 5.29. The van der Waals surface area contributed by atoms with Crippen molar-refractivity contribution in [3.8, 4) is 0 Å². The van der Waals surface area contributed by atoms with Crippen LogP contribution in [0.25, 0.3) is 0 Å². The summed E-state index contributed by atoms with van der Waals surface area (Å²) in [6.45, 7) is 9.34. The van der Waals surface area contributed by atoms with Crippen molar-refractivity contribution < 1.29 is 14.6 Å². The van der Waals surface area contributed by atoms with Gasteiger partial charge in [0.25, 0.3) is 0 Å². The fourth-order valence-corrected chi connectivity index (χ4v) is 4.04. The average molecular weight is 347 g/mol. The van der Waals surface area contributed by atoms with Crippen molar-refractivity contribution in [2.45, 2.75) is 58.0 Å². The van der Waals surface area contributed by atoms with Gasteiger partial charge >= 0.3 is 5.97 Å². The summed E-state index contributed by atoms with van der Waals surface area (Å²) < 4.78 is 5.61. The van der Waals surface area contributed by atoms with Crippen molar-refractivity contribution in [3.63, 3.8) is 0 Å². The van der Waals surface area contributed by atoms with Gasteiger partial charge in [-0.3, -0.25) is 4.79 Å². The van der Waals surface area contributed by atoms with Gasteiger partial charge < -0.3 is 14.7 Å². The summed E-state index contributed by atoms with van der Waals surface area (Å²) in [5, 5.41) is 11.3. The largest absolute Gasteiger partial charge is 0.464 e. The Morgan fingerprint density at radius 1 is 1.32 bits per heavy atom. The number of aliphatic hydroxyl groups is 1. The standard InChI is InChI=1S/C21H33NO3/c1-4-22(5-2)14-15-25-20(23)19(18-11-7-6-8-12-18)21(24)13-9-10-17(3)16-21/h6-8,11-12,17,19,24H,4-5,9-10,13-16H2,1-3H3/t17-,19+,21-/m0/s1. The Morgan fingerprint density at radius 2 is 2.00 bits per heavy atom. The first-order chi connectivity index (χ1) is 12.0. The highest BCUT2D eigenvalue weighted by Crippen LogP contribution is 2.42. The topological polar surface area (TPSA) is 49.8 Å². The van der Waals surface area contributed by atoms with Gasteiger partial charge in [0.1, 0.15) is 12.5 Å². The van der Waals surface area contributed by atoms with E-state index < -0.39 is 11.5 Å². The van der Waals surface area contributed by atoms with Crippen LogP contribution in [0.15, 0.2) is 30.3 Å². The van der Waals surface area contributed by atoms with Crippen molar-refractivity contribution in [1.82, 2.24) is 4.90 Å². The first-order valence-corrected chi connectivity index (χ1v) is 9.66. The lowest BCUT2D eigenvalue weighted by atomic mass is 9.69. The normalized spacial score (nSPS) is 24.9. The molecular formula is C21H33NO3.